The summed E-state index contributed by atoms with van der Waals surface area (Å²) in [6.45, 7) is 3.31. The molecule has 1 atom stereocenters. The van der Waals surface area contributed by atoms with Crippen LogP contribution in [0.25, 0.3) is 0 Å². The predicted molar refractivity (Wildman–Crippen MR) is 67.0 cm³/mol. The number of rotatable bonds is 5. The monoisotopic (exact) mass is 340 g/mol. The van der Waals surface area contributed by atoms with Crippen LogP contribution in [0.3, 0.4) is 0 Å². The molecule has 7 heteroatoms. The fourth-order valence-electron chi connectivity index (χ4n) is 1.42. The normalized spacial score (nSPS) is 12.9. The third-order valence-electron chi connectivity index (χ3n) is 2.12. The van der Waals surface area contributed by atoms with Gasteiger partial charge >= 0.3 is 6.36 Å². The highest BCUT2D eigenvalue weighted by atomic mass is 79.9. The summed E-state index contributed by atoms with van der Waals surface area (Å²) in [5, 5.41) is 0. The first-order chi connectivity index (χ1) is 8.76. The molecule has 0 radical (unpaired) electrons. The lowest BCUT2D eigenvalue weighted by atomic mass is 10.1. The lowest BCUT2D eigenvalue weighted by molar-refractivity contribution is -0.275. The molecule has 3 nitrogen and oxygen atoms in total. The Kier molecular flexibility index (Phi) is 5.22. The summed E-state index contributed by atoms with van der Waals surface area (Å²) in [6.07, 6.45) is -4.84. The molecule has 1 unspecified atom stereocenters. The van der Waals surface area contributed by atoms with Crippen molar-refractivity contribution in [1.29, 1.82) is 0 Å². The lowest BCUT2D eigenvalue weighted by Gasteiger charge is -2.16. The van der Waals surface area contributed by atoms with Gasteiger partial charge in [0.05, 0.1) is 17.0 Å². The van der Waals surface area contributed by atoms with Gasteiger partial charge < -0.3 is 9.47 Å². The highest BCUT2D eigenvalue weighted by molar-refractivity contribution is 9.10. The SMILES string of the molecule is CCOc1c(OC(F)(F)F)cccc1C(=O)C(C)Br. The lowest BCUT2D eigenvalue weighted by Crippen LogP contribution is -2.19. The first kappa shape index (κ1) is 15.8. The summed E-state index contributed by atoms with van der Waals surface area (Å²) in [5.74, 6) is -1.09. The summed E-state index contributed by atoms with van der Waals surface area (Å²) < 4.78 is 45.8. The van der Waals surface area contributed by atoms with Crippen LogP contribution in [-0.2, 0) is 0 Å². The zero-order valence-corrected chi connectivity index (χ0v) is 11.8. The summed E-state index contributed by atoms with van der Waals surface area (Å²) in [4.78, 5) is 11.4. The van der Waals surface area contributed by atoms with Crippen molar-refractivity contribution in [3.05, 3.63) is 23.8 Å². The average molecular weight is 341 g/mol. The third kappa shape index (κ3) is 4.41. The minimum atomic E-state index is -4.84. The molecule has 0 spiro atoms. The minimum absolute atomic E-state index is 0.0491. The molecule has 0 aliphatic rings. The van der Waals surface area contributed by atoms with Gasteiger partial charge in [0.1, 0.15) is 0 Å². The number of carbonyl (C=O) groups is 1. The van der Waals surface area contributed by atoms with Crippen molar-refractivity contribution < 1.29 is 27.4 Å². The zero-order valence-electron chi connectivity index (χ0n) is 10.3. The quantitative estimate of drug-likeness (QED) is 0.601. The van der Waals surface area contributed by atoms with Gasteiger partial charge in [0, 0.05) is 0 Å². The van der Waals surface area contributed by atoms with Gasteiger partial charge in [0.25, 0.3) is 0 Å². The van der Waals surface area contributed by atoms with Crippen LogP contribution in [0.1, 0.15) is 24.2 Å². The molecule has 0 saturated heterocycles. The molecule has 19 heavy (non-hydrogen) atoms. The Bertz CT molecular complexity index is 458. The molecule has 0 amide bonds. The van der Waals surface area contributed by atoms with Crippen LogP contribution >= 0.6 is 15.9 Å². The standard InChI is InChI=1S/C12H12BrF3O3/c1-3-18-11-8(10(17)7(2)13)5-4-6-9(11)19-12(14,15)16/h4-7H,3H2,1-2H3. The van der Waals surface area contributed by atoms with Gasteiger partial charge in [-0.25, -0.2) is 0 Å². The fraction of sp³-hybridized carbons (Fsp3) is 0.417. The van der Waals surface area contributed by atoms with Gasteiger partial charge in [-0.2, -0.15) is 0 Å². The molecule has 1 aromatic rings. The Balaban J connectivity index is 3.25. The van der Waals surface area contributed by atoms with Crippen LogP contribution in [0, 0.1) is 0 Å². The predicted octanol–water partition coefficient (Wildman–Crippen LogP) is 3.95. The third-order valence-corrected chi connectivity index (χ3v) is 2.54. The van der Waals surface area contributed by atoms with Crippen LogP contribution in [0.15, 0.2) is 18.2 Å². The maximum Gasteiger partial charge on any atom is 0.573 e. The second kappa shape index (κ2) is 6.27. The topological polar surface area (TPSA) is 35.5 Å². The molecule has 1 aromatic carbocycles. The number of alkyl halides is 4. The van der Waals surface area contributed by atoms with E-state index >= 15 is 0 Å². The van der Waals surface area contributed by atoms with Crippen molar-refractivity contribution in [3.8, 4) is 11.5 Å². The molecular formula is C12H12BrF3O3. The van der Waals surface area contributed by atoms with Gasteiger partial charge in [0.15, 0.2) is 17.3 Å². The van der Waals surface area contributed by atoms with E-state index in [9.17, 15) is 18.0 Å². The van der Waals surface area contributed by atoms with E-state index in [1.807, 2.05) is 0 Å². The van der Waals surface area contributed by atoms with Crippen LogP contribution in [-0.4, -0.2) is 23.6 Å². The highest BCUT2D eigenvalue weighted by Gasteiger charge is 2.33. The Morgan fingerprint density at radius 3 is 2.53 bits per heavy atom. The van der Waals surface area contributed by atoms with Gasteiger partial charge in [-0.15, -0.1) is 13.2 Å². The number of para-hydroxylation sites is 1. The van der Waals surface area contributed by atoms with Crippen molar-refractivity contribution in [2.24, 2.45) is 0 Å². The maximum atomic E-state index is 12.3. The number of carbonyl (C=O) groups excluding carboxylic acids is 1. The Morgan fingerprint density at radius 1 is 1.42 bits per heavy atom. The molecule has 0 fully saturated rings. The van der Waals surface area contributed by atoms with Gasteiger partial charge in [-0.3, -0.25) is 4.79 Å². The van der Waals surface area contributed by atoms with E-state index in [1.54, 1.807) is 13.8 Å². The molecule has 0 N–H and O–H groups in total. The number of hydrogen-bond donors (Lipinski definition) is 0. The van der Waals surface area contributed by atoms with Crippen LogP contribution < -0.4 is 9.47 Å². The summed E-state index contributed by atoms with van der Waals surface area (Å²) in [5.41, 5.74) is 0.0491. The van der Waals surface area contributed by atoms with E-state index in [-0.39, 0.29) is 23.7 Å². The molecule has 0 bridgehead atoms. The Hall–Kier alpha value is -1.24. The van der Waals surface area contributed by atoms with E-state index in [4.69, 9.17) is 4.74 Å². The molecule has 106 valence electrons. The number of benzene rings is 1. The molecule has 0 aliphatic heterocycles. The number of halogens is 4. The van der Waals surface area contributed by atoms with Crippen molar-refractivity contribution in [3.63, 3.8) is 0 Å². The molecular weight excluding hydrogens is 329 g/mol. The summed E-state index contributed by atoms with van der Waals surface area (Å²) in [6, 6.07) is 3.81. The van der Waals surface area contributed by atoms with Crippen molar-refractivity contribution in [1.82, 2.24) is 0 Å². The molecule has 0 aromatic heterocycles. The van der Waals surface area contributed by atoms with Crippen LogP contribution in [0.4, 0.5) is 13.2 Å². The fourth-order valence-corrected chi connectivity index (χ4v) is 1.67. The van der Waals surface area contributed by atoms with E-state index in [1.165, 1.54) is 12.1 Å². The van der Waals surface area contributed by atoms with Crippen LogP contribution in [0.5, 0.6) is 11.5 Å². The van der Waals surface area contributed by atoms with Crippen molar-refractivity contribution in [2.75, 3.05) is 6.61 Å². The minimum Gasteiger partial charge on any atom is -0.489 e. The van der Waals surface area contributed by atoms with E-state index < -0.39 is 16.9 Å². The average Bonchev–Trinajstić information content (AvgIpc) is 2.28. The number of Topliss-reactive ketones (excluding diaryl/α,β-unsaturated/α-hetero) is 1. The van der Waals surface area contributed by atoms with Crippen molar-refractivity contribution >= 4 is 21.7 Å². The van der Waals surface area contributed by atoms with Crippen molar-refractivity contribution in [2.45, 2.75) is 25.0 Å². The largest absolute Gasteiger partial charge is 0.573 e. The second-order valence-electron chi connectivity index (χ2n) is 3.59. The van der Waals surface area contributed by atoms with E-state index in [0.717, 1.165) is 6.07 Å². The molecule has 1 rings (SSSR count). The zero-order chi connectivity index (χ0) is 14.6. The van der Waals surface area contributed by atoms with Gasteiger partial charge in [0.2, 0.25) is 0 Å². The summed E-state index contributed by atoms with van der Waals surface area (Å²) in [7, 11) is 0. The highest BCUT2D eigenvalue weighted by Crippen LogP contribution is 2.36. The molecule has 0 aliphatic carbocycles. The first-order valence-corrected chi connectivity index (χ1v) is 6.37. The maximum absolute atomic E-state index is 12.3. The first-order valence-electron chi connectivity index (χ1n) is 5.46. The smallest absolute Gasteiger partial charge is 0.489 e. The van der Waals surface area contributed by atoms with Gasteiger partial charge in [-0.1, -0.05) is 22.0 Å². The second-order valence-corrected chi connectivity index (χ2v) is 4.97. The number of ketones is 1. The number of ether oxygens (including phenoxy) is 2. The van der Waals surface area contributed by atoms with E-state index in [0.29, 0.717) is 0 Å². The van der Waals surface area contributed by atoms with E-state index in [2.05, 4.69) is 20.7 Å². The summed E-state index contributed by atoms with van der Waals surface area (Å²) >= 11 is 3.08. The van der Waals surface area contributed by atoms with Gasteiger partial charge in [-0.05, 0) is 26.0 Å². The Morgan fingerprint density at radius 2 is 2.05 bits per heavy atom. The van der Waals surface area contributed by atoms with Crippen LogP contribution in [0.2, 0.25) is 0 Å². The number of hydrogen-bond acceptors (Lipinski definition) is 3. The Labute approximate surface area is 116 Å². The molecule has 0 heterocycles. The molecule has 0 saturated carbocycles.